The predicted molar refractivity (Wildman–Crippen MR) is 69.2 cm³/mol. The fourth-order valence-electron chi connectivity index (χ4n) is 1.14. The second kappa shape index (κ2) is 6.05. The van der Waals surface area contributed by atoms with Gasteiger partial charge in [0.1, 0.15) is 6.33 Å². The smallest absolute Gasteiger partial charge is 0.254 e. The molecule has 0 saturated carbocycles. The molecule has 0 spiro atoms. The maximum Gasteiger partial charge on any atom is 0.254 e. The average Bonchev–Trinajstić information content (AvgIpc) is 2.39. The van der Waals surface area contributed by atoms with Crippen LogP contribution in [0.2, 0.25) is 0 Å². The van der Waals surface area contributed by atoms with E-state index in [1.165, 1.54) is 17.0 Å². The van der Waals surface area contributed by atoms with Crippen molar-refractivity contribution in [3.63, 3.8) is 0 Å². The van der Waals surface area contributed by atoms with Crippen molar-refractivity contribution in [2.75, 3.05) is 0 Å². The van der Waals surface area contributed by atoms with Gasteiger partial charge in [-0.25, -0.2) is 9.97 Å². The molecule has 90 valence electrons. The van der Waals surface area contributed by atoms with E-state index in [1.807, 2.05) is 13.8 Å². The monoisotopic (exact) mass is 250 g/mol. The van der Waals surface area contributed by atoms with Gasteiger partial charge in [0.15, 0.2) is 4.77 Å². The molecule has 17 heavy (non-hydrogen) atoms. The number of aromatic nitrogens is 4. The van der Waals surface area contributed by atoms with E-state index in [9.17, 15) is 4.79 Å². The number of hydrogen-bond acceptors (Lipinski definition) is 4. The van der Waals surface area contributed by atoms with Crippen LogP contribution in [-0.2, 0) is 7.05 Å². The Morgan fingerprint density at radius 3 is 2.65 bits per heavy atom. The van der Waals surface area contributed by atoms with Gasteiger partial charge in [0.25, 0.3) is 5.56 Å². The molecule has 0 bridgehead atoms. The van der Waals surface area contributed by atoms with Gasteiger partial charge < -0.3 is 4.98 Å². The zero-order valence-electron chi connectivity index (χ0n) is 9.97. The third kappa shape index (κ3) is 3.07. The largest absolute Gasteiger partial charge is 0.330 e. The van der Waals surface area contributed by atoms with Crippen LogP contribution in [0.5, 0.6) is 0 Å². The van der Waals surface area contributed by atoms with Gasteiger partial charge in [0.05, 0.1) is 11.4 Å². The van der Waals surface area contributed by atoms with E-state index in [0.29, 0.717) is 16.2 Å². The van der Waals surface area contributed by atoms with Crippen LogP contribution in [-0.4, -0.2) is 19.5 Å². The van der Waals surface area contributed by atoms with Crippen LogP contribution in [0.3, 0.4) is 0 Å². The Balaban J connectivity index is 0.000000686. The van der Waals surface area contributed by atoms with Crippen molar-refractivity contribution < 1.29 is 0 Å². The Bertz CT molecular complexity index is 557. The first kappa shape index (κ1) is 13.2. The van der Waals surface area contributed by atoms with Crippen LogP contribution in [0.4, 0.5) is 0 Å². The van der Waals surface area contributed by atoms with Crippen molar-refractivity contribution in [2.24, 2.45) is 7.05 Å². The van der Waals surface area contributed by atoms with Crippen LogP contribution in [0.15, 0.2) is 29.5 Å². The Morgan fingerprint density at radius 2 is 2.12 bits per heavy atom. The van der Waals surface area contributed by atoms with Crippen LogP contribution in [0, 0.1) is 4.77 Å². The van der Waals surface area contributed by atoms with E-state index in [2.05, 4.69) is 15.0 Å². The normalized spacial score (nSPS) is 9.35. The van der Waals surface area contributed by atoms with Crippen molar-refractivity contribution in [1.29, 1.82) is 0 Å². The second-order valence-corrected chi connectivity index (χ2v) is 3.37. The molecule has 0 fully saturated rings. The Labute approximate surface area is 104 Å². The minimum atomic E-state index is -0.160. The van der Waals surface area contributed by atoms with E-state index in [4.69, 9.17) is 12.2 Å². The van der Waals surface area contributed by atoms with E-state index in [0.717, 1.165) is 0 Å². The molecule has 2 aromatic heterocycles. The lowest BCUT2D eigenvalue weighted by Gasteiger charge is -2.02. The standard InChI is InChI=1S/C9H8N4OS.C2H6/c1-13-8(14)4-7(12-9(13)15)6-2-3-10-5-11-6;1-2/h2-5H,1H3,(H,12,15);1-2H3. The lowest BCUT2D eigenvalue weighted by molar-refractivity contribution is 0.807. The number of hydrogen-bond donors (Lipinski definition) is 1. The quantitative estimate of drug-likeness (QED) is 0.785. The summed E-state index contributed by atoms with van der Waals surface area (Å²) in [6.07, 6.45) is 3.03. The zero-order valence-corrected chi connectivity index (χ0v) is 10.8. The first-order chi connectivity index (χ1) is 8.18. The highest BCUT2D eigenvalue weighted by molar-refractivity contribution is 7.71. The lowest BCUT2D eigenvalue weighted by Crippen LogP contribution is -2.17. The molecule has 0 unspecified atom stereocenters. The summed E-state index contributed by atoms with van der Waals surface area (Å²) in [5, 5.41) is 0. The van der Waals surface area contributed by atoms with Crippen molar-refractivity contribution in [2.45, 2.75) is 13.8 Å². The summed E-state index contributed by atoms with van der Waals surface area (Å²) in [5.41, 5.74) is 1.09. The number of nitrogens with one attached hydrogen (secondary N) is 1. The molecule has 5 nitrogen and oxygen atoms in total. The SMILES string of the molecule is CC.Cn1c(=O)cc(-c2ccncn2)[nH]c1=S. The van der Waals surface area contributed by atoms with Crippen LogP contribution in [0.25, 0.3) is 11.4 Å². The third-order valence-corrected chi connectivity index (χ3v) is 2.38. The third-order valence-electron chi connectivity index (χ3n) is 2.00. The van der Waals surface area contributed by atoms with Gasteiger partial charge in [0.2, 0.25) is 0 Å². The molecule has 0 atom stereocenters. The maximum atomic E-state index is 11.5. The van der Waals surface area contributed by atoms with Gasteiger partial charge in [0, 0.05) is 19.3 Å². The minimum absolute atomic E-state index is 0.160. The molecule has 1 N–H and O–H groups in total. The predicted octanol–water partition coefficient (Wildman–Crippen LogP) is 1.93. The van der Waals surface area contributed by atoms with E-state index < -0.39 is 0 Å². The molecular formula is C11H14N4OS. The highest BCUT2D eigenvalue weighted by Crippen LogP contribution is 2.09. The van der Waals surface area contributed by atoms with Gasteiger partial charge >= 0.3 is 0 Å². The highest BCUT2D eigenvalue weighted by Gasteiger charge is 2.01. The van der Waals surface area contributed by atoms with Crippen molar-refractivity contribution in [1.82, 2.24) is 19.5 Å². The summed E-state index contributed by atoms with van der Waals surface area (Å²) in [6, 6.07) is 3.16. The lowest BCUT2D eigenvalue weighted by atomic mass is 10.3. The van der Waals surface area contributed by atoms with Crippen LogP contribution in [0.1, 0.15) is 13.8 Å². The summed E-state index contributed by atoms with van der Waals surface area (Å²) in [7, 11) is 1.62. The van der Waals surface area contributed by atoms with Gasteiger partial charge in [-0.1, -0.05) is 13.8 Å². The van der Waals surface area contributed by atoms with Crippen LogP contribution < -0.4 is 5.56 Å². The summed E-state index contributed by atoms with van der Waals surface area (Å²) in [5.74, 6) is 0. The molecule has 6 heteroatoms. The fourth-order valence-corrected chi connectivity index (χ4v) is 1.34. The highest BCUT2D eigenvalue weighted by atomic mass is 32.1. The summed E-state index contributed by atoms with van der Waals surface area (Å²) < 4.78 is 1.73. The molecule has 2 aromatic rings. The second-order valence-electron chi connectivity index (χ2n) is 2.98. The molecule has 0 aliphatic carbocycles. The molecule has 2 rings (SSSR count). The van der Waals surface area contributed by atoms with E-state index >= 15 is 0 Å². The average molecular weight is 250 g/mol. The van der Waals surface area contributed by atoms with Gasteiger partial charge in [-0.2, -0.15) is 0 Å². The van der Waals surface area contributed by atoms with Crippen molar-refractivity contribution in [3.05, 3.63) is 39.8 Å². The van der Waals surface area contributed by atoms with Gasteiger partial charge in [-0.05, 0) is 18.3 Å². The minimum Gasteiger partial charge on any atom is -0.330 e. The molecule has 2 heterocycles. The fraction of sp³-hybridized carbons (Fsp3) is 0.273. The zero-order chi connectivity index (χ0) is 12.8. The number of rotatable bonds is 1. The first-order valence-corrected chi connectivity index (χ1v) is 5.66. The molecular weight excluding hydrogens is 236 g/mol. The van der Waals surface area contributed by atoms with E-state index in [-0.39, 0.29) is 5.56 Å². The number of H-pyrrole nitrogens is 1. The van der Waals surface area contributed by atoms with Crippen molar-refractivity contribution in [3.8, 4) is 11.4 Å². The van der Waals surface area contributed by atoms with Crippen LogP contribution >= 0.6 is 12.2 Å². The number of nitrogens with zero attached hydrogens (tertiary/aromatic N) is 3. The Kier molecular flexibility index (Phi) is 4.71. The summed E-state index contributed by atoms with van der Waals surface area (Å²) in [6.45, 7) is 4.00. The molecule has 0 aliphatic heterocycles. The van der Waals surface area contributed by atoms with Gasteiger partial charge in [-0.15, -0.1) is 0 Å². The van der Waals surface area contributed by atoms with Crippen molar-refractivity contribution >= 4 is 12.2 Å². The molecule has 0 aliphatic rings. The van der Waals surface area contributed by atoms with Gasteiger partial charge in [-0.3, -0.25) is 9.36 Å². The topological polar surface area (TPSA) is 63.6 Å². The maximum absolute atomic E-state index is 11.5. The Hall–Kier alpha value is -1.82. The Morgan fingerprint density at radius 1 is 1.41 bits per heavy atom. The molecule has 0 radical (unpaired) electrons. The molecule has 0 amide bonds. The molecule has 0 saturated heterocycles. The summed E-state index contributed by atoms with van der Waals surface area (Å²) in [4.78, 5) is 22.2. The molecule has 0 aromatic carbocycles. The first-order valence-electron chi connectivity index (χ1n) is 5.25. The summed E-state index contributed by atoms with van der Waals surface area (Å²) >= 11 is 4.99. The number of aromatic amines is 1. The van der Waals surface area contributed by atoms with E-state index in [1.54, 1.807) is 19.3 Å².